The predicted octanol–water partition coefficient (Wildman–Crippen LogP) is 4.52. The van der Waals surface area contributed by atoms with Crippen LogP contribution in [0.2, 0.25) is 0 Å². The average molecular weight is 271 g/mol. The molecule has 1 N–H and O–H groups in total. The van der Waals surface area contributed by atoms with Gasteiger partial charge < -0.3 is 5.32 Å². The van der Waals surface area contributed by atoms with Gasteiger partial charge in [0.1, 0.15) is 0 Å². The second kappa shape index (κ2) is 6.30. The Balaban J connectivity index is 1.56. The fourth-order valence-electron chi connectivity index (χ4n) is 3.62. The van der Waals surface area contributed by atoms with E-state index < -0.39 is 0 Å². The van der Waals surface area contributed by atoms with E-state index in [0.29, 0.717) is 0 Å². The van der Waals surface area contributed by atoms with Crippen molar-refractivity contribution in [1.82, 2.24) is 5.32 Å². The molecule has 110 valence electrons. The third kappa shape index (κ3) is 3.44. The van der Waals surface area contributed by atoms with Crippen molar-refractivity contribution in [2.45, 2.75) is 64.3 Å². The lowest BCUT2D eigenvalue weighted by atomic mass is 9.76. The Labute approximate surface area is 124 Å². The van der Waals surface area contributed by atoms with E-state index in [1.807, 2.05) is 0 Å². The quantitative estimate of drug-likeness (QED) is 0.802. The van der Waals surface area contributed by atoms with Crippen LogP contribution >= 0.6 is 0 Å². The first kappa shape index (κ1) is 14.1. The molecule has 20 heavy (non-hydrogen) atoms. The minimum atomic E-state index is 0.796. The summed E-state index contributed by atoms with van der Waals surface area (Å²) in [4.78, 5) is 0. The van der Waals surface area contributed by atoms with E-state index in [9.17, 15) is 0 Å². The van der Waals surface area contributed by atoms with E-state index in [4.69, 9.17) is 0 Å². The van der Waals surface area contributed by atoms with Crippen LogP contribution in [0.15, 0.2) is 24.3 Å². The minimum absolute atomic E-state index is 0.796. The van der Waals surface area contributed by atoms with Crippen molar-refractivity contribution in [3.8, 4) is 0 Å². The molecule has 2 aliphatic carbocycles. The van der Waals surface area contributed by atoms with E-state index in [1.165, 1.54) is 45.1 Å². The number of rotatable bonds is 6. The van der Waals surface area contributed by atoms with Crippen molar-refractivity contribution in [3.63, 3.8) is 0 Å². The standard InChI is InChI=1S/C19H29N/c1-14(15(2)13-20-18-10-11-18)12-17-8-5-7-16-6-3-4-9-19(16)17/h3-4,6,9,14-15,17-18,20H,5,7-8,10-13H2,1-2H3. The lowest BCUT2D eigenvalue weighted by Gasteiger charge is -2.30. The fraction of sp³-hybridized carbons (Fsp3) is 0.684. The first-order chi connectivity index (χ1) is 9.74. The topological polar surface area (TPSA) is 12.0 Å². The van der Waals surface area contributed by atoms with Crippen molar-refractivity contribution in [1.29, 1.82) is 0 Å². The average Bonchev–Trinajstić information content (AvgIpc) is 3.29. The van der Waals surface area contributed by atoms with Gasteiger partial charge >= 0.3 is 0 Å². The van der Waals surface area contributed by atoms with Gasteiger partial charge in [-0.25, -0.2) is 0 Å². The third-order valence-electron chi connectivity index (χ3n) is 5.43. The Kier molecular flexibility index (Phi) is 4.45. The molecule has 1 saturated carbocycles. The van der Waals surface area contributed by atoms with Gasteiger partial charge in [0.15, 0.2) is 0 Å². The monoisotopic (exact) mass is 271 g/mol. The summed E-state index contributed by atoms with van der Waals surface area (Å²) in [5.74, 6) is 2.42. The van der Waals surface area contributed by atoms with Gasteiger partial charge in [0.05, 0.1) is 0 Å². The maximum absolute atomic E-state index is 3.69. The summed E-state index contributed by atoms with van der Waals surface area (Å²) >= 11 is 0. The molecule has 1 heteroatoms. The zero-order chi connectivity index (χ0) is 13.9. The SMILES string of the molecule is CC(CNC1CC1)C(C)CC1CCCc2ccccc21. The molecule has 0 spiro atoms. The largest absolute Gasteiger partial charge is 0.314 e. The summed E-state index contributed by atoms with van der Waals surface area (Å²) < 4.78 is 0. The molecule has 1 nitrogen and oxygen atoms in total. The van der Waals surface area contributed by atoms with E-state index in [-0.39, 0.29) is 0 Å². The Morgan fingerprint density at radius 1 is 1.10 bits per heavy atom. The second-order valence-electron chi connectivity index (χ2n) is 7.16. The predicted molar refractivity (Wildman–Crippen MR) is 86.1 cm³/mol. The Hall–Kier alpha value is -0.820. The summed E-state index contributed by atoms with van der Waals surface area (Å²) in [5.41, 5.74) is 3.26. The van der Waals surface area contributed by atoms with Gasteiger partial charge in [-0.15, -0.1) is 0 Å². The number of benzene rings is 1. The number of aryl methyl sites for hydroxylation is 1. The molecule has 0 aliphatic heterocycles. The van der Waals surface area contributed by atoms with Crippen LogP contribution in [0.3, 0.4) is 0 Å². The normalized spacial score (nSPS) is 25.0. The number of nitrogens with one attached hydrogen (secondary N) is 1. The van der Waals surface area contributed by atoms with Crippen molar-refractivity contribution in [2.75, 3.05) is 6.54 Å². The lowest BCUT2D eigenvalue weighted by molar-refractivity contribution is 0.313. The molecular formula is C19H29N. The van der Waals surface area contributed by atoms with Crippen LogP contribution in [0.25, 0.3) is 0 Å². The first-order valence-corrected chi connectivity index (χ1v) is 8.55. The zero-order valence-electron chi connectivity index (χ0n) is 13.1. The van der Waals surface area contributed by atoms with Crippen LogP contribution in [0.4, 0.5) is 0 Å². The molecule has 3 rings (SSSR count). The first-order valence-electron chi connectivity index (χ1n) is 8.55. The summed E-state index contributed by atoms with van der Waals surface area (Å²) in [5, 5.41) is 3.69. The van der Waals surface area contributed by atoms with Gasteiger partial charge in [0.2, 0.25) is 0 Å². The van der Waals surface area contributed by atoms with Gasteiger partial charge in [-0.05, 0) is 74.0 Å². The maximum Gasteiger partial charge on any atom is 0.00683 e. The number of fused-ring (bicyclic) bond motifs is 1. The smallest absolute Gasteiger partial charge is 0.00683 e. The molecule has 0 amide bonds. The van der Waals surface area contributed by atoms with E-state index >= 15 is 0 Å². The van der Waals surface area contributed by atoms with Gasteiger partial charge in [0.25, 0.3) is 0 Å². The molecule has 0 radical (unpaired) electrons. The van der Waals surface area contributed by atoms with Crippen LogP contribution in [-0.4, -0.2) is 12.6 Å². The third-order valence-corrected chi connectivity index (χ3v) is 5.43. The second-order valence-corrected chi connectivity index (χ2v) is 7.16. The number of hydrogen-bond donors (Lipinski definition) is 1. The highest BCUT2D eigenvalue weighted by molar-refractivity contribution is 5.32. The summed E-state index contributed by atoms with van der Waals surface area (Å²) in [6.45, 7) is 6.09. The molecule has 0 heterocycles. The molecule has 1 aromatic rings. The summed E-state index contributed by atoms with van der Waals surface area (Å²) in [6.07, 6.45) is 8.23. The molecule has 3 atom stereocenters. The van der Waals surface area contributed by atoms with E-state index in [2.05, 4.69) is 43.4 Å². The van der Waals surface area contributed by atoms with Crippen molar-refractivity contribution in [2.24, 2.45) is 11.8 Å². The van der Waals surface area contributed by atoms with Crippen molar-refractivity contribution >= 4 is 0 Å². The van der Waals surface area contributed by atoms with E-state index in [0.717, 1.165) is 23.8 Å². The lowest BCUT2D eigenvalue weighted by Crippen LogP contribution is -2.28. The molecule has 3 unspecified atom stereocenters. The number of hydrogen-bond acceptors (Lipinski definition) is 1. The Morgan fingerprint density at radius 2 is 1.90 bits per heavy atom. The molecule has 2 aliphatic rings. The molecule has 1 fully saturated rings. The van der Waals surface area contributed by atoms with Gasteiger partial charge in [-0.1, -0.05) is 38.1 Å². The zero-order valence-corrected chi connectivity index (χ0v) is 13.1. The molecule has 0 saturated heterocycles. The Bertz CT molecular complexity index is 435. The molecule has 1 aromatic carbocycles. The highest BCUT2D eigenvalue weighted by Gasteiger charge is 2.25. The van der Waals surface area contributed by atoms with E-state index in [1.54, 1.807) is 11.1 Å². The molecule has 0 bridgehead atoms. The Morgan fingerprint density at radius 3 is 2.70 bits per heavy atom. The van der Waals surface area contributed by atoms with Gasteiger partial charge in [0, 0.05) is 6.04 Å². The van der Waals surface area contributed by atoms with Gasteiger partial charge in [-0.3, -0.25) is 0 Å². The van der Waals surface area contributed by atoms with Crippen LogP contribution in [0, 0.1) is 11.8 Å². The molecule has 0 aromatic heterocycles. The fourth-order valence-corrected chi connectivity index (χ4v) is 3.62. The van der Waals surface area contributed by atoms with Gasteiger partial charge in [-0.2, -0.15) is 0 Å². The maximum atomic E-state index is 3.69. The highest BCUT2D eigenvalue weighted by atomic mass is 14.9. The van der Waals surface area contributed by atoms with Crippen LogP contribution in [-0.2, 0) is 6.42 Å². The van der Waals surface area contributed by atoms with Crippen LogP contribution in [0.1, 0.15) is 63.0 Å². The molecular weight excluding hydrogens is 242 g/mol. The van der Waals surface area contributed by atoms with Crippen LogP contribution in [0.5, 0.6) is 0 Å². The summed E-state index contributed by atoms with van der Waals surface area (Å²) in [6, 6.07) is 9.98. The summed E-state index contributed by atoms with van der Waals surface area (Å²) in [7, 11) is 0. The minimum Gasteiger partial charge on any atom is -0.314 e. The van der Waals surface area contributed by atoms with Crippen LogP contribution < -0.4 is 5.32 Å². The van der Waals surface area contributed by atoms with Crippen molar-refractivity contribution in [3.05, 3.63) is 35.4 Å². The highest BCUT2D eigenvalue weighted by Crippen LogP contribution is 2.37. The van der Waals surface area contributed by atoms with Crippen molar-refractivity contribution < 1.29 is 0 Å².